The zero-order valence-corrected chi connectivity index (χ0v) is 10.6. The van der Waals surface area contributed by atoms with Crippen LogP contribution >= 0.6 is 0 Å². The van der Waals surface area contributed by atoms with E-state index in [-0.39, 0.29) is 5.97 Å². The van der Waals surface area contributed by atoms with Crippen LogP contribution in [0.1, 0.15) is 46.5 Å². The molecule has 0 heterocycles. The van der Waals surface area contributed by atoms with Gasteiger partial charge in [0.2, 0.25) is 0 Å². The lowest BCUT2D eigenvalue weighted by atomic mass is 9.90. The fraction of sp³-hybridized carbons (Fsp3) is 0.917. The van der Waals surface area contributed by atoms with Crippen LogP contribution in [0.15, 0.2) is 0 Å². The van der Waals surface area contributed by atoms with Gasteiger partial charge in [-0.15, -0.1) is 0 Å². The van der Waals surface area contributed by atoms with Gasteiger partial charge in [0, 0.05) is 12.1 Å². The summed E-state index contributed by atoms with van der Waals surface area (Å²) in [6.07, 6.45) is 4.17. The van der Waals surface area contributed by atoms with Crippen molar-refractivity contribution in [1.82, 2.24) is 5.32 Å². The number of carbonyl (C=O) groups excluding carboxylic acids is 1. The monoisotopic (exact) mass is 228 g/mol. The molecule has 1 rings (SSSR count). The molecule has 0 aliphatic heterocycles. The maximum Gasteiger partial charge on any atom is 0.325 e. The lowest BCUT2D eigenvalue weighted by Crippen LogP contribution is -2.53. The number of esters is 1. The van der Waals surface area contributed by atoms with Gasteiger partial charge >= 0.3 is 5.97 Å². The molecule has 1 aliphatic carbocycles. The van der Waals surface area contributed by atoms with Gasteiger partial charge in [0.25, 0.3) is 0 Å². The summed E-state index contributed by atoms with van der Waals surface area (Å²) in [6, 6.07) is 0.725. The van der Waals surface area contributed by atoms with Crippen LogP contribution in [0.25, 0.3) is 0 Å². The van der Waals surface area contributed by atoms with Crippen LogP contribution < -0.4 is 11.1 Å². The Morgan fingerprint density at radius 1 is 1.38 bits per heavy atom. The molecule has 1 fully saturated rings. The fourth-order valence-electron chi connectivity index (χ4n) is 2.14. The maximum atomic E-state index is 11.7. The van der Waals surface area contributed by atoms with Crippen molar-refractivity contribution in [3.05, 3.63) is 0 Å². The van der Waals surface area contributed by atoms with Gasteiger partial charge in [-0.1, -0.05) is 0 Å². The summed E-state index contributed by atoms with van der Waals surface area (Å²) in [5.41, 5.74) is 5.25. The first kappa shape index (κ1) is 13.5. The Bertz CT molecular complexity index is 233. The lowest BCUT2D eigenvalue weighted by molar-refractivity contribution is -0.150. The first-order valence-corrected chi connectivity index (χ1v) is 6.16. The molecule has 0 saturated heterocycles. The summed E-state index contributed by atoms with van der Waals surface area (Å²) < 4.78 is 5.04. The quantitative estimate of drug-likeness (QED) is 0.709. The summed E-state index contributed by atoms with van der Waals surface area (Å²) in [5, 5.41) is 3.37. The minimum absolute atomic E-state index is 0.176. The van der Waals surface area contributed by atoms with E-state index in [0.29, 0.717) is 18.7 Å². The predicted octanol–water partition coefficient (Wildman–Crippen LogP) is 1.19. The second kappa shape index (κ2) is 5.64. The molecule has 1 aliphatic rings. The SMILES string of the molecule is CCOC(=O)C(C)(C)N[C@H]1CC[C@H](N)CC1. The molecule has 0 aromatic carbocycles. The van der Waals surface area contributed by atoms with E-state index >= 15 is 0 Å². The van der Waals surface area contributed by atoms with E-state index in [9.17, 15) is 4.79 Å². The molecule has 16 heavy (non-hydrogen) atoms. The molecule has 94 valence electrons. The Hall–Kier alpha value is -0.610. The van der Waals surface area contributed by atoms with Gasteiger partial charge in [-0.2, -0.15) is 0 Å². The first-order valence-electron chi connectivity index (χ1n) is 6.16. The summed E-state index contributed by atoms with van der Waals surface area (Å²) in [7, 11) is 0. The smallest absolute Gasteiger partial charge is 0.325 e. The fourth-order valence-corrected chi connectivity index (χ4v) is 2.14. The Morgan fingerprint density at radius 3 is 2.44 bits per heavy atom. The average Bonchev–Trinajstić information content (AvgIpc) is 2.21. The van der Waals surface area contributed by atoms with E-state index in [4.69, 9.17) is 10.5 Å². The summed E-state index contributed by atoms with van der Waals surface area (Å²) in [6.45, 7) is 6.01. The van der Waals surface area contributed by atoms with Crippen LogP contribution in [0.5, 0.6) is 0 Å². The maximum absolute atomic E-state index is 11.7. The molecule has 4 heteroatoms. The van der Waals surface area contributed by atoms with Gasteiger partial charge in [0.15, 0.2) is 0 Å². The van der Waals surface area contributed by atoms with Crippen LogP contribution in [0.3, 0.4) is 0 Å². The van der Waals surface area contributed by atoms with Crippen molar-refractivity contribution in [2.24, 2.45) is 5.73 Å². The first-order chi connectivity index (χ1) is 7.45. The molecular weight excluding hydrogens is 204 g/mol. The number of rotatable bonds is 4. The van der Waals surface area contributed by atoms with Crippen molar-refractivity contribution in [1.29, 1.82) is 0 Å². The minimum Gasteiger partial charge on any atom is -0.465 e. The van der Waals surface area contributed by atoms with Crippen molar-refractivity contribution in [2.45, 2.75) is 64.1 Å². The third-order valence-electron chi connectivity index (χ3n) is 3.12. The largest absolute Gasteiger partial charge is 0.465 e. The van der Waals surface area contributed by atoms with E-state index in [0.717, 1.165) is 25.7 Å². The molecule has 0 aromatic rings. The summed E-state index contributed by atoms with van der Waals surface area (Å²) in [5.74, 6) is -0.176. The Kier molecular flexibility index (Phi) is 4.74. The van der Waals surface area contributed by atoms with Crippen LogP contribution in [0, 0.1) is 0 Å². The zero-order chi connectivity index (χ0) is 12.2. The van der Waals surface area contributed by atoms with Gasteiger partial charge in [0.1, 0.15) is 5.54 Å². The highest BCUT2D eigenvalue weighted by atomic mass is 16.5. The van der Waals surface area contributed by atoms with Gasteiger partial charge in [-0.05, 0) is 46.5 Å². The number of hydrogen-bond acceptors (Lipinski definition) is 4. The van der Waals surface area contributed by atoms with E-state index in [1.54, 1.807) is 0 Å². The summed E-state index contributed by atoms with van der Waals surface area (Å²) >= 11 is 0. The number of nitrogens with one attached hydrogen (secondary N) is 1. The highest BCUT2D eigenvalue weighted by molar-refractivity contribution is 5.79. The second-order valence-electron chi connectivity index (χ2n) is 5.10. The predicted molar refractivity (Wildman–Crippen MR) is 64.1 cm³/mol. The number of nitrogens with two attached hydrogens (primary N) is 1. The molecular formula is C12H24N2O2. The Balaban J connectivity index is 2.42. The van der Waals surface area contributed by atoms with E-state index in [2.05, 4.69) is 5.32 Å². The van der Waals surface area contributed by atoms with Crippen molar-refractivity contribution >= 4 is 5.97 Å². The molecule has 0 atom stereocenters. The third-order valence-corrected chi connectivity index (χ3v) is 3.12. The van der Waals surface area contributed by atoms with Crippen LogP contribution in [0.2, 0.25) is 0 Å². The topological polar surface area (TPSA) is 64.3 Å². The van der Waals surface area contributed by atoms with Crippen molar-refractivity contribution in [3.63, 3.8) is 0 Å². The normalized spacial score (nSPS) is 26.5. The van der Waals surface area contributed by atoms with E-state index < -0.39 is 5.54 Å². The van der Waals surface area contributed by atoms with Gasteiger partial charge in [0.05, 0.1) is 6.61 Å². The van der Waals surface area contributed by atoms with Gasteiger partial charge < -0.3 is 10.5 Å². The van der Waals surface area contributed by atoms with E-state index in [1.165, 1.54) is 0 Å². The van der Waals surface area contributed by atoms with Crippen LogP contribution in [0.4, 0.5) is 0 Å². The van der Waals surface area contributed by atoms with E-state index in [1.807, 2.05) is 20.8 Å². The van der Waals surface area contributed by atoms with Crippen LogP contribution in [-0.4, -0.2) is 30.2 Å². The van der Waals surface area contributed by atoms with Crippen molar-refractivity contribution in [2.75, 3.05) is 6.61 Å². The zero-order valence-electron chi connectivity index (χ0n) is 10.6. The molecule has 0 bridgehead atoms. The third kappa shape index (κ3) is 3.76. The minimum atomic E-state index is -0.595. The highest BCUT2D eigenvalue weighted by Gasteiger charge is 2.32. The Labute approximate surface area is 97.9 Å². The molecule has 3 N–H and O–H groups in total. The van der Waals surface area contributed by atoms with Crippen LogP contribution in [-0.2, 0) is 9.53 Å². The van der Waals surface area contributed by atoms with Crippen molar-refractivity contribution in [3.8, 4) is 0 Å². The molecule has 0 spiro atoms. The number of carbonyl (C=O) groups is 1. The number of ether oxygens (including phenoxy) is 1. The van der Waals surface area contributed by atoms with Crippen molar-refractivity contribution < 1.29 is 9.53 Å². The standard InChI is InChI=1S/C12H24N2O2/c1-4-16-11(15)12(2,3)14-10-7-5-9(13)6-8-10/h9-10,14H,4-8,13H2,1-3H3/t9-,10-. The van der Waals surface area contributed by atoms with Gasteiger partial charge in [-0.25, -0.2) is 0 Å². The second-order valence-corrected chi connectivity index (χ2v) is 5.10. The molecule has 0 unspecified atom stereocenters. The molecule has 0 aromatic heterocycles. The molecule has 0 amide bonds. The Morgan fingerprint density at radius 2 is 1.94 bits per heavy atom. The lowest BCUT2D eigenvalue weighted by Gasteiger charge is -2.33. The average molecular weight is 228 g/mol. The molecule has 1 saturated carbocycles. The van der Waals surface area contributed by atoms with Gasteiger partial charge in [-0.3, -0.25) is 10.1 Å². The highest BCUT2D eigenvalue weighted by Crippen LogP contribution is 2.20. The summed E-state index contributed by atoms with van der Waals surface area (Å²) in [4.78, 5) is 11.7. The molecule has 4 nitrogen and oxygen atoms in total. The molecule has 0 radical (unpaired) electrons. The number of hydrogen-bond donors (Lipinski definition) is 2.